The molecule has 2 amide bonds. The van der Waals surface area contributed by atoms with Crippen LogP contribution in [0.3, 0.4) is 0 Å². The maximum absolute atomic E-state index is 13.2. The Kier molecular flexibility index (Phi) is 10.6. The molecule has 0 heterocycles. The number of carbonyl (C=O) groups is 5. The van der Waals surface area contributed by atoms with E-state index in [-0.39, 0.29) is 18.1 Å². The summed E-state index contributed by atoms with van der Waals surface area (Å²) in [5, 5.41) is 16.4. The van der Waals surface area contributed by atoms with Crippen LogP contribution in [0.2, 0.25) is 0 Å². The number of methoxy groups -OCH3 is 1. The van der Waals surface area contributed by atoms with E-state index in [1.807, 2.05) is 30.3 Å². The predicted octanol–water partition coefficient (Wildman–Crippen LogP) is 3.34. The SMILES string of the molecule is COc1ccc(C(C)=O)cc1CC(=O)N[C@H](C(=O)N[C@@H](CC(=O)O)C(=O)COc1ccc2ccccc2c1)C(C)C. The molecule has 0 aliphatic rings. The van der Waals surface area contributed by atoms with Gasteiger partial charge in [-0.05, 0) is 53.9 Å². The van der Waals surface area contributed by atoms with Gasteiger partial charge in [-0.3, -0.25) is 24.0 Å². The Hall–Kier alpha value is -4.73. The van der Waals surface area contributed by atoms with Crippen molar-refractivity contribution in [2.75, 3.05) is 13.7 Å². The number of hydrogen-bond donors (Lipinski definition) is 3. The number of benzene rings is 3. The number of carboxylic acid groups (broad SMARTS) is 1. The molecule has 0 radical (unpaired) electrons. The molecule has 3 aromatic rings. The van der Waals surface area contributed by atoms with Crippen LogP contribution in [0.25, 0.3) is 10.8 Å². The van der Waals surface area contributed by atoms with Gasteiger partial charge in [0, 0.05) is 11.1 Å². The molecule has 0 spiro atoms. The van der Waals surface area contributed by atoms with Crippen LogP contribution in [0.5, 0.6) is 11.5 Å². The molecule has 3 aromatic carbocycles. The summed E-state index contributed by atoms with van der Waals surface area (Å²) in [6.45, 7) is 4.37. The highest BCUT2D eigenvalue weighted by Crippen LogP contribution is 2.22. The lowest BCUT2D eigenvalue weighted by molar-refractivity contribution is -0.141. The average molecular weight is 563 g/mol. The largest absolute Gasteiger partial charge is 0.496 e. The van der Waals surface area contributed by atoms with Crippen molar-refractivity contribution in [2.24, 2.45) is 5.92 Å². The maximum atomic E-state index is 13.2. The van der Waals surface area contributed by atoms with E-state index in [1.54, 1.807) is 44.2 Å². The Bertz CT molecular complexity index is 1450. The second-order valence-electron chi connectivity index (χ2n) is 9.97. The lowest BCUT2D eigenvalue weighted by Gasteiger charge is -2.25. The van der Waals surface area contributed by atoms with Gasteiger partial charge in [-0.25, -0.2) is 0 Å². The summed E-state index contributed by atoms with van der Waals surface area (Å²) in [5.74, 6) is -2.86. The van der Waals surface area contributed by atoms with Crippen LogP contribution >= 0.6 is 0 Å². The number of rotatable bonds is 14. The fraction of sp³-hybridized carbons (Fsp3) is 0.323. The van der Waals surface area contributed by atoms with Crippen LogP contribution < -0.4 is 20.1 Å². The quantitative estimate of drug-likeness (QED) is 0.254. The summed E-state index contributed by atoms with van der Waals surface area (Å²) in [7, 11) is 1.44. The first-order chi connectivity index (χ1) is 19.5. The molecule has 2 atom stereocenters. The molecule has 0 unspecified atom stereocenters. The third-order valence-electron chi connectivity index (χ3n) is 6.49. The molecule has 0 bridgehead atoms. The van der Waals surface area contributed by atoms with Crippen LogP contribution in [-0.4, -0.2) is 60.3 Å². The first-order valence-corrected chi connectivity index (χ1v) is 13.1. The molecule has 3 N–H and O–H groups in total. The van der Waals surface area contributed by atoms with Crippen molar-refractivity contribution in [3.8, 4) is 11.5 Å². The molecular weight excluding hydrogens is 528 g/mol. The smallest absolute Gasteiger partial charge is 0.305 e. The molecule has 0 aliphatic heterocycles. The molecule has 0 saturated heterocycles. The summed E-state index contributed by atoms with van der Waals surface area (Å²) >= 11 is 0. The Labute approximate surface area is 238 Å². The Morgan fingerprint density at radius 2 is 1.61 bits per heavy atom. The molecule has 10 heteroatoms. The molecule has 3 rings (SSSR count). The predicted molar refractivity (Wildman–Crippen MR) is 152 cm³/mol. The molecule has 10 nitrogen and oxygen atoms in total. The number of ether oxygens (including phenoxy) is 2. The number of aliphatic carboxylic acids is 1. The number of nitrogens with one attached hydrogen (secondary N) is 2. The van der Waals surface area contributed by atoms with Crippen LogP contribution in [0.15, 0.2) is 60.7 Å². The Balaban J connectivity index is 1.68. The number of fused-ring (bicyclic) bond motifs is 1. The number of carboxylic acids is 1. The van der Waals surface area contributed by atoms with E-state index in [2.05, 4.69) is 10.6 Å². The molecule has 0 fully saturated rings. The van der Waals surface area contributed by atoms with Crippen molar-refractivity contribution in [3.05, 3.63) is 71.8 Å². The number of hydrogen-bond acceptors (Lipinski definition) is 7. The lowest BCUT2D eigenvalue weighted by Crippen LogP contribution is -2.54. The summed E-state index contributed by atoms with van der Waals surface area (Å²) in [5.41, 5.74) is 0.873. The third-order valence-corrected chi connectivity index (χ3v) is 6.49. The minimum atomic E-state index is -1.37. The van der Waals surface area contributed by atoms with Crippen LogP contribution in [0, 0.1) is 5.92 Å². The van der Waals surface area contributed by atoms with E-state index < -0.39 is 48.7 Å². The van der Waals surface area contributed by atoms with Crippen LogP contribution in [-0.2, 0) is 25.6 Å². The first-order valence-electron chi connectivity index (χ1n) is 13.1. The van der Waals surface area contributed by atoms with E-state index in [9.17, 15) is 29.1 Å². The fourth-order valence-electron chi connectivity index (χ4n) is 4.26. The summed E-state index contributed by atoms with van der Waals surface area (Å²) in [4.78, 5) is 62.3. The van der Waals surface area contributed by atoms with Crippen LogP contribution in [0.1, 0.15) is 43.1 Å². The molecular formula is C31H34N2O8. The van der Waals surface area contributed by atoms with Gasteiger partial charge in [-0.2, -0.15) is 0 Å². The molecule has 0 aliphatic carbocycles. The summed E-state index contributed by atoms with van der Waals surface area (Å²) in [6, 6.07) is 15.2. The van der Waals surface area contributed by atoms with Crippen molar-refractivity contribution in [2.45, 2.75) is 45.7 Å². The molecule has 41 heavy (non-hydrogen) atoms. The molecule has 0 saturated carbocycles. The van der Waals surface area contributed by atoms with Gasteiger partial charge in [-0.15, -0.1) is 0 Å². The lowest BCUT2D eigenvalue weighted by atomic mass is 10.0. The molecule has 0 aromatic heterocycles. The topological polar surface area (TPSA) is 148 Å². The summed E-state index contributed by atoms with van der Waals surface area (Å²) < 4.78 is 10.9. The number of Topliss-reactive ketones (excluding diaryl/α,β-unsaturated/α-hetero) is 2. The minimum absolute atomic E-state index is 0.169. The monoisotopic (exact) mass is 562 g/mol. The second-order valence-corrected chi connectivity index (χ2v) is 9.97. The number of amides is 2. The van der Waals surface area contributed by atoms with Gasteiger partial charge < -0.3 is 25.2 Å². The highest BCUT2D eigenvalue weighted by Gasteiger charge is 2.30. The van der Waals surface area contributed by atoms with E-state index >= 15 is 0 Å². The zero-order chi connectivity index (χ0) is 30.1. The minimum Gasteiger partial charge on any atom is -0.496 e. The van der Waals surface area contributed by atoms with Gasteiger partial charge >= 0.3 is 5.97 Å². The van der Waals surface area contributed by atoms with Crippen molar-refractivity contribution in [1.29, 1.82) is 0 Å². The Morgan fingerprint density at radius 1 is 0.902 bits per heavy atom. The van der Waals surface area contributed by atoms with E-state index in [1.165, 1.54) is 14.0 Å². The van der Waals surface area contributed by atoms with Crippen molar-refractivity contribution in [3.63, 3.8) is 0 Å². The van der Waals surface area contributed by atoms with Gasteiger partial charge in [-0.1, -0.05) is 44.2 Å². The van der Waals surface area contributed by atoms with Crippen molar-refractivity contribution in [1.82, 2.24) is 10.6 Å². The third kappa shape index (κ3) is 8.63. The highest BCUT2D eigenvalue weighted by molar-refractivity contribution is 5.96. The Morgan fingerprint density at radius 3 is 2.24 bits per heavy atom. The highest BCUT2D eigenvalue weighted by atomic mass is 16.5. The molecule has 216 valence electrons. The van der Waals surface area contributed by atoms with E-state index in [0.29, 0.717) is 22.6 Å². The van der Waals surface area contributed by atoms with E-state index in [4.69, 9.17) is 9.47 Å². The van der Waals surface area contributed by atoms with Gasteiger partial charge in [0.25, 0.3) is 0 Å². The number of carbonyl (C=O) groups excluding carboxylic acids is 4. The number of ketones is 2. The van der Waals surface area contributed by atoms with Crippen molar-refractivity contribution >= 4 is 40.1 Å². The van der Waals surface area contributed by atoms with Crippen molar-refractivity contribution < 1.29 is 38.6 Å². The van der Waals surface area contributed by atoms with E-state index in [0.717, 1.165) is 10.8 Å². The van der Waals surface area contributed by atoms with Gasteiger partial charge in [0.05, 0.1) is 20.0 Å². The van der Waals surface area contributed by atoms with Gasteiger partial charge in [0.2, 0.25) is 11.8 Å². The zero-order valence-corrected chi connectivity index (χ0v) is 23.4. The fourth-order valence-corrected chi connectivity index (χ4v) is 4.26. The summed E-state index contributed by atoms with van der Waals surface area (Å²) in [6.07, 6.45) is -0.822. The van der Waals surface area contributed by atoms with Crippen LogP contribution in [0.4, 0.5) is 0 Å². The standard InChI is InChI=1S/C31H34N2O8/c1-18(2)30(33-28(36)15-23-13-21(19(3)34)10-12-27(23)40-4)31(39)32-25(16-29(37)38)26(35)17-41-24-11-9-20-7-5-6-8-22(20)14-24/h5-14,18,25,30H,15-17H2,1-4H3,(H,32,39)(H,33,36)(H,37,38)/t25-,30-/m0/s1. The average Bonchev–Trinajstić information content (AvgIpc) is 2.93. The first kappa shape index (κ1) is 30.8. The normalized spacial score (nSPS) is 12.3. The van der Waals surface area contributed by atoms with Gasteiger partial charge in [0.15, 0.2) is 11.6 Å². The second kappa shape index (κ2) is 14.1. The van der Waals surface area contributed by atoms with Gasteiger partial charge in [0.1, 0.15) is 30.2 Å². The maximum Gasteiger partial charge on any atom is 0.305 e. The zero-order valence-electron chi connectivity index (χ0n) is 23.4.